The second-order valence-corrected chi connectivity index (χ2v) is 8.63. The number of carbonyl (C=O) groups is 1. The minimum Gasteiger partial charge on any atom is -0.508 e. The molecule has 0 saturated carbocycles. The standard InChI is InChI=1S/C20H21N7O3S/c21-18-16-19(27(9-22-18)6-3-12-1-4-26(11-28)5-2-12)25-20(24-16)31-15-8-13(29)7-14-17(15)30-10-23-14/h7-12,29H,1-6,21H2. The third-order valence-electron chi connectivity index (χ3n) is 5.63. The molecule has 31 heavy (non-hydrogen) atoms. The number of rotatable bonds is 6. The second-order valence-electron chi connectivity index (χ2n) is 7.62. The number of hydrogen-bond donors (Lipinski definition) is 2. The number of aromatic nitrogens is 5. The van der Waals surface area contributed by atoms with E-state index in [-0.39, 0.29) is 5.75 Å². The maximum atomic E-state index is 10.9. The molecule has 2 aromatic rings. The summed E-state index contributed by atoms with van der Waals surface area (Å²) in [6.07, 6.45) is 6.94. The number of hydrogen-bond acceptors (Lipinski definition) is 9. The van der Waals surface area contributed by atoms with Crippen LogP contribution in [0.5, 0.6) is 5.75 Å². The summed E-state index contributed by atoms with van der Waals surface area (Å²) in [5, 5.41) is 10.5. The van der Waals surface area contributed by atoms with Gasteiger partial charge >= 0.3 is 0 Å². The van der Waals surface area contributed by atoms with Gasteiger partial charge in [-0.3, -0.25) is 4.79 Å². The number of phenolic OH excluding ortho intramolecular Hbond substituents is 1. The number of phenols is 1. The summed E-state index contributed by atoms with van der Waals surface area (Å²) in [6, 6.07) is 3.14. The van der Waals surface area contributed by atoms with Gasteiger partial charge in [0.05, 0.1) is 11.2 Å². The van der Waals surface area contributed by atoms with Crippen molar-refractivity contribution in [3.63, 3.8) is 0 Å². The molecule has 0 aliphatic carbocycles. The minimum atomic E-state index is 0.0943. The predicted octanol–water partition coefficient (Wildman–Crippen LogP) is 2.62. The van der Waals surface area contributed by atoms with E-state index in [9.17, 15) is 9.90 Å². The Balaban J connectivity index is 1.37. The number of fused-ring (bicyclic) bond motifs is 2. The van der Waals surface area contributed by atoms with Gasteiger partial charge in [-0.2, -0.15) is 0 Å². The van der Waals surface area contributed by atoms with Crippen LogP contribution in [0.2, 0.25) is 0 Å². The fourth-order valence-electron chi connectivity index (χ4n) is 3.91. The molecule has 0 bridgehead atoms. The fourth-order valence-corrected chi connectivity index (χ4v) is 4.80. The topological polar surface area (TPSA) is 136 Å². The van der Waals surface area contributed by atoms with Crippen molar-refractivity contribution in [3.8, 4) is 17.3 Å². The number of amides is 1. The minimum absolute atomic E-state index is 0.0943. The molecule has 3 N–H and O–H groups in total. The fraction of sp³-hybridized carbons (Fsp3) is 0.350. The highest BCUT2D eigenvalue weighted by Gasteiger charge is 2.22. The van der Waals surface area contributed by atoms with Crippen molar-refractivity contribution in [1.82, 2.24) is 29.4 Å². The number of anilines is 1. The van der Waals surface area contributed by atoms with Crippen LogP contribution in [-0.4, -0.2) is 54.0 Å². The highest BCUT2D eigenvalue weighted by molar-refractivity contribution is 7.99. The number of aryl methyl sites for hydroxylation is 1. The van der Waals surface area contributed by atoms with Crippen molar-refractivity contribution >= 4 is 35.1 Å². The molecular weight excluding hydrogens is 418 g/mol. The Morgan fingerprint density at radius 1 is 1.26 bits per heavy atom. The molecule has 1 fully saturated rings. The van der Waals surface area contributed by atoms with E-state index in [0.717, 1.165) is 45.3 Å². The zero-order valence-corrected chi connectivity index (χ0v) is 17.5. The molecule has 1 amide bonds. The van der Waals surface area contributed by atoms with E-state index in [2.05, 4.69) is 19.9 Å². The summed E-state index contributed by atoms with van der Waals surface area (Å²) in [5.74, 6) is 1.65. The van der Waals surface area contributed by atoms with Gasteiger partial charge < -0.3 is 24.7 Å². The maximum Gasteiger partial charge on any atom is 0.209 e. The number of imidazole rings is 1. The summed E-state index contributed by atoms with van der Waals surface area (Å²) in [6.45, 7) is 2.37. The van der Waals surface area contributed by atoms with Crippen LogP contribution >= 0.6 is 11.8 Å². The number of piperidine rings is 1. The van der Waals surface area contributed by atoms with E-state index in [1.54, 1.807) is 18.5 Å². The molecule has 0 atom stereocenters. The first-order valence-electron chi connectivity index (χ1n) is 10.0. The number of aromatic hydroxyl groups is 1. The first-order valence-corrected chi connectivity index (χ1v) is 10.8. The second kappa shape index (κ2) is 8.06. The normalized spacial score (nSPS) is 15.2. The van der Waals surface area contributed by atoms with Crippen molar-refractivity contribution < 1.29 is 14.3 Å². The summed E-state index contributed by atoms with van der Waals surface area (Å²) >= 11 is 1.28. The van der Waals surface area contributed by atoms with Gasteiger partial charge in [-0.25, -0.2) is 19.9 Å². The van der Waals surface area contributed by atoms with Crippen molar-refractivity contribution in [2.24, 2.45) is 5.92 Å². The average Bonchev–Trinajstić information content (AvgIpc) is 3.41. The summed E-state index contributed by atoms with van der Waals surface area (Å²) in [4.78, 5) is 31.0. The van der Waals surface area contributed by atoms with Crippen LogP contribution in [0, 0.1) is 5.92 Å². The number of oxazole rings is 1. The van der Waals surface area contributed by atoms with Gasteiger partial charge in [-0.15, -0.1) is 0 Å². The number of benzene rings is 1. The molecule has 1 saturated heterocycles. The van der Waals surface area contributed by atoms with Gasteiger partial charge in [0.25, 0.3) is 0 Å². The van der Waals surface area contributed by atoms with Crippen molar-refractivity contribution in [3.05, 3.63) is 24.9 Å². The van der Waals surface area contributed by atoms with Gasteiger partial charge in [-0.1, -0.05) is 0 Å². The largest absolute Gasteiger partial charge is 0.508 e. The maximum absolute atomic E-state index is 10.9. The van der Waals surface area contributed by atoms with Crippen LogP contribution in [0.4, 0.5) is 5.82 Å². The lowest BCUT2D eigenvalue weighted by Crippen LogP contribution is -2.32. The molecule has 3 aliphatic heterocycles. The Hall–Kier alpha value is -3.34. The van der Waals surface area contributed by atoms with Crippen LogP contribution in [0.3, 0.4) is 0 Å². The molecule has 10 nitrogen and oxygen atoms in total. The quantitative estimate of drug-likeness (QED) is 0.434. The Labute approximate surface area is 181 Å². The lowest BCUT2D eigenvalue weighted by Gasteiger charge is -2.29. The number of nitrogen functional groups attached to an aromatic ring is 1. The van der Waals surface area contributed by atoms with Gasteiger partial charge in [0, 0.05) is 25.7 Å². The lowest BCUT2D eigenvalue weighted by atomic mass is 9.94. The molecule has 0 spiro atoms. The molecule has 11 heteroatoms. The van der Waals surface area contributed by atoms with E-state index < -0.39 is 0 Å². The third-order valence-corrected chi connectivity index (χ3v) is 6.52. The van der Waals surface area contributed by atoms with E-state index in [1.807, 2.05) is 9.47 Å². The van der Waals surface area contributed by atoms with Crippen molar-refractivity contribution in [1.29, 1.82) is 0 Å². The number of likely N-dealkylation sites (tertiary alicyclic amines) is 1. The summed E-state index contributed by atoms with van der Waals surface area (Å²) in [5.41, 5.74) is 7.74. The van der Waals surface area contributed by atoms with Crippen LogP contribution < -0.4 is 5.73 Å². The van der Waals surface area contributed by atoms with Crippen LogP contribution in [0.1, 0.15) is 19.3 Å². The molecule has 4 heterocycles. The number of nitrogens with two attached hydrogens (primary N) is 1. The first kappa shape index (κ1) is 19.6. The average molecular weight is 440 g/mol. The van der Waals surface area contributed by atoms with Crippen molar-refractivity contribution in [2.45, 2.75) is 35.9 Å². The zero-order valence-electron chi connectivity index (χ0n) is 16.6. The Bertz CT molecular complexity index is 1200. The predicted molar refractivity (Wildman–Crippen MR) is 114 cm³/mol. The molecule has 0 radical (unpaired) electrons. The van der Waals surface area contributed by atoms with Gasteiger partial charge in [-0.05, 0) is 43.0 Å². The van der Waals surface area contributed by atoms with Gasteiger partial charge in [0.1, 0.15) is 11.3 Å². The highest BCUT2D eigenvalue weighted by atomic mass is 32.2. The van der Waals surface area contributed by atoms with E-state index in [4.69, 9.17) is 10.2 Å². The van der Waals surface area contributed by atoms with Crippen molar-refractivity contribution in [2.75, 3.05) is 18.8 Å². The van der Waals surface area contributed by atoms with E-state index in [1.165, 1.54) is 18.2 Å². The Morgan fingerprint density at radius 2 is 2.10 bits per heavy atom. The monoisotopic (exact) mass is 439 g/mol. The molecule has 0 unspecified atom stereocenters. The van der Waals surface area contributed by atoms with Gasteiger partial charge in [0.2, 0.25) is 6.41 Å². The first-order chi connectivity index (χ1) is 15.1. The van der Waals surface area contributed by atoms with Crippen LogP contribution in [-0.2, 0) is 11.3 Å². The van der Waals surface area contributed by atoms with Gasteiger partial charge in [0.15, 0.2) is 34.5 Å². The summed E-state index contributed by atoms with van der Waals surface area (Å²) in [7, 11) is 0. The van der Waals surface area contributed by atoms with Crippen LogP contribution in [0.25, 0.3) is 22.6 Å². The molecule has 1 aromatic heterocycles. The van der Waals surface area contributed by atoms with Crippen LogP contribution in [0.15, 0.2) is 39.3 Å². The molecule has 5 rings (SSSR count). The Kier molecular flexibility index (Phi) is 5.10. The zero-order chi connectivity index (χ0) is 21.4. The molecular formula is C20H21N7O3S. The van der Waals surface area contributed by atoms with E-state index >= 15 is 0 Å². The molecule has 3 aliphatic rings. The van der Waals surface area contributed by atoms with E-state index in [0.29, 0.717) is 44.4 Å². The number of nitrogens with zero attached hydrogens (tertiary/aromatic N) is 6. The highest BCUT2D eigenvalue weighted by Crippen LogP contribution is 2.37. The SMILES string of the molecule is Nc1ncn(CCC2CCN(C=O)CC2)c2nc(Sc3cc(O)cc4ncoc34)nc1-2. The molecule has 160 valence electrons. The molecule has 1 aromatic carbocycles. The smallest absolute Gasteiger partial charge is 0.209 e. The third kappa shape index (κ3) is 3.88. The number of carbonyl (C=O) groups excluding carboxylic acids is 1. The summed E-state index contributed by atoms with van der Waals surface area (Å²) < 4.78 is 7.43. The Morgan fingerprint density at radius 3 is 2.90 bits per heavy atom. The lowest BCUT2D eigenvalue weighted by molar-refractivity contribution is -0.119.